The average molecular weight is 376 g/mol. The molecule has 142 valence electrons. The molecule has 0 fully saturated rings. The summed E-state index contributed by atoms with van der Waals surface area (Å²) in [5.41, 5.74) is 0.0622. The van der Waals surface area contributed by atoms with E-state index in [0.29, 0.717) is 0 Å². The van der Waals surface area contributed by atoms with Crippen molar-refractivity contribution >= 4 is 17.7 Å². The number of amidine groups is 1. The highest BCUT2D eigenvalue weighted by atomic mass is 16.5. The number of carbonyl (C=O) groups excluding carboxylic acids is 2. The molecule has 0 bridgehead atoms. The Morgan fingerprint density at radius 1 is 1.25 bits per heavy atom. The van der Waals surface area contributed by atoms with Gasteiger partial charge in [-0.25, -0.2) is 9.79 Å². The van der Waals surface area contributed by atoms with Crippen molar-refractivity contribution in [2.45, 2.75) is 32.9 Å². The predicted molar refractivity (Wildman–Crippen MR) is 102 cm³/mol. The van der Waals surface area contributed by atoms with Gasteiger partial charge >= 0.3 is 5.97 Å². The third kappa shape index (κ3) is 3.37. The van der Waals surface area contributed by atoms with Gasteiger partial charge in [0.2, 0.25) is 0 Å². The maximum Gasteiger partial charge on any atom is 0.340 e. The van der Waals surface area contributed by atoms with E-state index >= 15 is 0 Å². The quantitative estimate of drug-likeness (QED) is 0.590. The smallest absolute Gasteiger partial charge is 0.340 e. The summed E-state index contributed by atoms with van der Waals surface area (Å²) in [6, 6.07) is 12.4. The molecule has 7 heteroatoms. The fraction of sp³-hybridized carbons (Fsp3) is 0.286. The molecule has 28 heavy (non-hydrogen) atoms. The minimum absolute atomic E-state index is 0.0657. The maximum atomic E-state index is 12.7. The SMILES string of the molecule is CC(C)C1(C)N=C(c2ncccc2C(=O)OCc2ccccc2)N(C#N)C1=O. The van der Waals surface area contributed by atoms with Crippen molar-refractivity contribution in [1.29, 1.82) is 5.26 Å². The first-order valence-corrected chi connectivity index (χ1v) is 8.89. The van der Waals surface area contributed by atoms with Gasteiger partial charge in [0.15, 0.2) is 12.0 Å². The third-order valence-corrected chi connectivity index (χ3v) is 4.86. The molecular weight excluding hydrogens is 356 g/mol. The normalized spacial score (nSPS) is 18.8. The van der Waals surface area contributed by atoms with Gasteiger partial charge in [0.25, 0.3) is 5.91 Å². The molecule has 0 aliphatic carbocycles. The number of aliphatic imine (C=N–C) groups is 1. The molecule has 1 aliphatic rings. The van der Waals surface area contributed by atoms with Crippen LogP contribution in [0, 0.1) is 17.4 Å². The van der Waals surface area contributed by atoms with E-state index in [9.17, 15) is 14.9 Å². The summed E-state index contributed by atoms with van der Waals surface area (Å²) in [7, 11) is 0. The van der Waals surface area contributed by atoms with Crippen molar-refractivity contribution in [3.8, 4) is 6.19 Å². The highest BCUT2D eigenvalue weighted by molar-refractivity contribution is 6.18. The number of hydrogen-bond acceptors (Lipinski definition) is 6. The van der Waals surface area contributed by atoms with Crippen LogP contribution in [0.3, 0.4) is 0 Å². The number of aromatic nitrogens is 1. The summed E-state index contributed by atoms with van der Waals surface area (Å²) in [6.45, 7) is 5.49. The molecular formula is C21H20N4O3. The Balaban J connectivity index is 1.94. The summed E-state index contributed by atoms with van der Waals surface area (Å²) in [5, 5.41) is 9.49. The molecule has 0 saturated carbocycles. The summed E-state index contributed by atoms with van der Waals surface area (Å²) in [5.74, 6) is -1.10. The predicted octanol–water partition coefficient (Wildman–Crippen LogP) is 2.92. The standard InChI is InChI=1S/C21H20N4O3/c1-14(2)21(3)20(27)25(13-22)18(24-21)17-16(10-7-11-23-17)19(26)28-12-15-8-5-4-6-9-15/h4-11,14H,12H2,1-3H3. The van der Waals surface area contributed by atoms with Crippen molar-refractivity contribution in [3.63, 3.8) is 0 Å². The summed E-state index contributed by atoms with van der Waals surface area (Å²) < 4.78 is 5.39. The first-order chi connectivity index (χ1) is 13.4. The van der Waals surface area contributed by atoms with E-state index in [1.165, 1.54) is 6.20 Å². The highest BCUT2D eigenvalue weighted by Gasteiger charge is 2.48. The second kappa shape index (κ2) is 7.61. The van der Waals surface area contributed by atoms with E-state index in [4.69, 9.17) is 4.74 Å². The number of esters is 1. The summed E-state index contributed by atoms with van der Waals surface area (Å²) >= 11 is 0. The van der Waals surface area contributed by atoms with E-state index in [-0.39, 0.29) is 29.6 Å². The van der Waals surface area contributed by atoms with Gasteiger partial charge in [-0.2, -0.15) is 10.2 Å². The Kier molecular flexibility index (Phi) is 5.23. The number of carbonyl (C=O) groups is 2. The molecule has 1 aromatic heterocycles. The van der Waals surface area contributed by atoms with E-state index in [0.717, 1.165) is 10.5 Å². The molecule has 1 aromatic carbocycles. The van der Waals surface area contributed by atoms with Crippen LogP contribution in [0.4, 0.5) is 0 Å². The van der Waals surface area contributed by atoms with Crippen LogP contribution in [-0.2, 0) is 16.1 Å². The lowest BCUT2D eigenvalue weighted by Crippen LogP contribution is -2.42. The fourth-order valence-electron chi connectivity index (χ4n) is 2.82. The number of pyridine rings is 1. The molecule has 3 rings (SSSR count). The third-order valence-electron chi connectivity index (χ3n) is 4.86. The summed E-state index contributed by atoms with van der Waals surface area (Å²) in [4.78, 5) is 35.0. The van der Waals surface area contributed by atoms with Gasteiger partial charge in [-0.3, -0.25) is 9.78 Å². The lowest BCUT2D eigenvalue weighted by atomic mass is 9.89. The molecule has 0 radical (unpaired) electrons. The number of nitriles is 1. The lowest BCUT2D eigenvalue weighted by molar-refractivity contribution is -0.129. The fourth-order valence-corrected chi connectivity index (χ4v) is 2.82. The summed E-state index contributed by atoms with van der Waals surface area (Å²) in [6.07, 6.45) is 3.34. The van der Waals surface area contributed by atoms with Gasteiger partial charge in [0.05, 0.1) is 5.56 Å². The Hall–Kier alpha value is -3.53. The number of rotatable bonds is 5. The molecule has 1 unspecified atom stereocenters. The second-order valence-electron chi connectivity index (χ2n) is 6.94. The zero-order valence-corrected chi connectivity index (χ0v) is 15.9. The van der Waals surface area contributed by atoms with Crippen LogP contribution >= 0.6 is 0 Å². The van der Waals surface area contributed by atoms with E-state index < -0.39 is 17.4 Å². The second-order valence-corrected chi connectivity index (χ2v) is 6.94. The number of amides is 1. The highest BCUT2D eigenvalue weighted by Crippen LogP contribution is 2.32. The monoisotopic (exact) mass is 376 g/mol. The Morgan fingerprint density at radius 3 is 2.61 bits per heavy atom. The minimum atomic E-state index is -1.09. The molecule has 1 atom stereocenters. The van der Waals surface area contributed by atoms with E-state index in [1.54, 1.807) is 19.1 Å². The number of hydrogen-bond donors (Lipinski definition) is 0. The van der Waals surface area contributed by atoms with Crippen molar-refractivity contribution in [3.05, 3.63) is 65.5 Å². The van der Waals surface area contributed by atoms with Crippen LogP contribution in [0.25, 0.3) is 0 Å². The van der Waals surface area contributed by atoms with Crippen LogP contribution in [0.2, 0.25) is 0 Å². The van der Waals surface area contributed by atoms with Crippen molar-refractivity contribution in [2.24, 2.45) is 10.9 Å². The lowest BCUT2D eigenvalue weighted by Gasteiger charge is -2.22. The molecule has 0 saturated heterocycles. The van der Waals surface area contributed by atoms with Crippen molar-refractivity contribution in [1.82, 2.24) is 9.88 Å². The van der Waals surface area contributed by atoms with Crippen LogP contribution < -0.4 is 0 Å². The molecule has 0 spiro atoms. The molecule has 2 aromatic rings. The van der Waals surface area contributed by atoms with Gasteiger partial charge in [-0.05, 0) is 30.5 Å². The zero-order valence-electron chi connectivity index (χ0n) is 15.9. The van der Waals surface area contributed by atoms with Crippen LogP contribution in [0.1, 0.15) is 42.4 Å². The maximum absolute atomic E-state index is 12.7. The van der Waals surface area contributed by atoms with Crippen LogP contribution in [0.15, 0.2) is 53.7 Å². The Bertz CT molecular complexity index is 979. The van der Waals surface area contributed by atoms with Gasteiger partial charge in [0.1, 0.15) is 17.8 Å². The first kappa shape index (κ1) is 19.2. The Morgan fingerprint density at radius 2 is 1.96 bits per heavy atom. The molecule has 1 aliphatic heterocycles. The number of nitrogens with zero attached hydrogens (tertiary/aromatic N) is 4. The van der Waals surface area contributed by atoms with E-state index in [2.05, 4.69) is 9.98 Å². The number of ether oxygens (including phenoxy) is 1. The van der Waals surface area contributed by atoms with Gasteiger partial charge in [-0.15, -0.1) is 0 Å². The topological polar surface area (TPSA) is 95.7 Å². The average Bonchev–Trinajstić information content (AvgIpc) is 2.98. The Labute approximate surface area is 163 Å². The largest absolute Gasteiger partial charge is 0.457 e. The van der Waals surface area contributed by atoms with Crippen molar-refractivity contribution in [2.75, 3.05) is 0 Å². The molecule has 0 N–H and O–H groups in total. The van der Waals surface area contributed by atoms with Crippen LogP contribution in [-0.4, -0.2) is 33.1 Å². The van der Waals surface area contributed by atoms with Gasteiger partial charge < -0.3 is 4.74 Å². The first-order valence-electron chi connectivity index (χ1n) is 8.89. The molecule has 7 nitrogen and oxygen atoms in total. The molecule has 1 amide bonds. The minimum Gasteiger partial charge on any atom is -0.457 e. The zero-order chi connectivity index (χ0) is 20.3. The van der Waals surface area contributed by atoms with Crippen molar-refractivity contribution < 1.29 is 14.3 Å². The van der Waals surface area contributed by atoms with Crippen LogP contribution in [0.5, 0.6) is 0 Å². The van der Waals surface area contributed by atoms with E-state index in [1.807, 2.05) is 50.4 Å². The van der Waals surface area contributed by atoms with Gasteiger partial charge in [-0.1, -0.05) is 44.2 Å². The molecule has 2 heterocycles. The van der Waals surface area contributed by atoms with Gasteiger partial charge in [0, 0.05) is 6.20 Å². The number of benzene rings is 1.